The van der Waals surface area contributed by atoms with Crippen LogP contribution >= 0.6 is 0 Å². The molecule has 19 heavy (non-hydrogen) atoms. The van der Waals surface area contributed by atoms with E-state index >= 15 is 0 Å². The molecule has 2 N–H and O–H groups in total. The third kappa shape index (κ3) is 7.12. The van der Waals surface area contributed by atoms with Crippen LogP contribution in [0.25, 0.3) is 0 Å². The first-order valence-corrected chi connectivity index (χ1v) is 6.72. The standard InChI is InChI=1S/C13H26N2O4/c1-6-18-13(5,19-7-2)12(17)15-14-11(16)9-8-10(3)4/h10H,6-9H2,1-5H3,(H,14,16)(H,15,17). The Balaban J connectivity index is 4.22. The van der Waals surface area contributed by atoms with Crippen LogP contribution < -0.4 is 10.9 Å². The van der Waals surface area contributed by atoms with Gasteiger partial charge in [-0.15, -0.1) is 0 Å². The van der Waals surface area contributed by atoms with Gasteiger partial charge in [-0.3, -0.25) is 20.4 Å². The highest BCUT2D eigenvalue weighted by molar-refractivity contribution is 5.86. The Labute approximate surface area is 115 Å². The summed E-state index contributed by atoms with van der Waals surface area (Å²) in [4.78, 5) is 23.4. The monoisotopic (exact) mass is 274 g/mol. The molecule has 0 saturated heterocycles. The van der Waals surface area contributed by atoms with Gasteiger partial charge in [-0.1, -0.05) is 13.8 Å². The van der Waals surface area contributed by atoms with Gasteiger partial charge in [-0.25, -0.2) is 0 Å². The lowest BCUT2D eigenvalue weighted by Gasteiger charge is -2.27. The molecule has 6 heteroatoms. The highest BCUT2D eigenvalue weighted by atomic mass is 16.7. The van der Waals surface area contributed by atoms with Crippen molar-refractivity contribution in [2.45, 2.75) is 53.2 Å². The van der Waals surface area contributed by atoms with E-state index in [1.807, 2.05) is 13.8 Å². The second-order valence-corrected chi connectivity index (χ2v) is 4.75. The molecule has 0 heterocycles. The molecule has 0 spiro atoms. The molecule has 0 saturated carbocycles. The van der Waals surface area contributed by atoms with Crippen LogP contribution in [0.4, 0.5) is 0 Å². The smallest absolute Gasteiger partial charge is 0.298 e. The predicted octanol–water partition coefficient (Wildman–Crippen LogP) is 1.36. The zero-order chi connectivity index (χ0) is 14.9. The van der Waals surface area contributed by atoms with Crippen LogP contribution in [0.2, 0.25) is 0 Å². The van der Waals surface area contributed by atoms with Gasteiger partial charge in [0.25, 0.3) is 5.91 Å². The Morgan fingerprint density at radius 2 is 1.63 bits per heavy atom. The lowest BCUT2D eigenvalue weighted by molar-refractivity contribution is -0.219. The van der Waals surface area contributed by atoms with Crippen LogP contribution in [0.3, 0.4) is 0 Å². The van der Waals surface area contributed by atoms with Crippen molar-refractivity contribution in [1.82, 2.24) is 10.9 Å². The summed E-state index contributed by atoms with van der Waals surface area (Å²) in [6.07, 6.45) is 1.15. The molecule has 0 aliphatic carbocycles. The van der Waals surface area contributed by atoms with E-state index in [9.17, 15) is 9.59 Å². The molecule has 0 radical (unpaired) electrons. The van der Waals surface area contributed by atoms with Crippen LogP contribution in [0.1, 0.15) is 47.5 Å². The molecule has 0 rings (SSSR count). The van der Waals surface area contributed by atoms with Crippen LogP contribution in [-0.4, -0.2) is 30.8 Å². The predicted molar refractivity (Wildman–Crippen MR) is 72.0 cm³/mol. The second-order valence-electron chi connectivity index (χ2n) is 4.75. The molecule has 0 aliphatic heterocycles. The number of nitrogens with one attached hydrogen (secondary N) is 2. The summed E-state index contributed by atoms with van der Waals surface area (Å²) < 4.78 is 10.6. The molecule has 0 aromatic carbocycles. The summed E-state index contributed by atoms with van der Waals surface area (Å²) in [5.41, 5.74) is 4.69. The van der Waals surface area contributed by atoms with Gasteiger partial charge in [0, 0.05) is 19.6 Å². The highest BCUT2D eigenvalue weighted by Crippen LogP contribution is 2.12. The number of ether oxygens (including phenoxy) is 2. The SMILES string of the molecule is CCOC(C)(OCC)C(=O)NNC(=O)CCC(C)C. The van der Waals surface area contributed by atoms with Crippen molar-refractivity contribution in [2.75, 3.05) is 13.2 Å². The highest BCUT2D eigenvalue weighted by Gasteiger charge is 2.35. The van der Waals surface area contributed by atoms with Crippen molar-refractivity contribution in [1.29, 1.82) is 0 Å². The summed E-state index contributed by atoms with van der Waals surface area (Å²) in [5.74, 6) is -1.68. The fraction of sp³-hybridized carbons (Fsp3) is 0.846. The zero-order valence-corrected chi connectivity index (χ0v) is 12.5. The van der Waals surface area contributed by atoms with E-state index in [1.54, 1.807) is 13.8 Å². The number of amides is 2. The molecule has 0 atom stereocenters. The minimum absolute atomic E-state index is 0.225. The lowest BCUT2D eigenvalue weighted by atomic mass is 10.1. The van der Waals surface area contributed by atoms with E-state index < -0.39 is 11.7 Å². The van der Waals surface area contributed by atoms with Gasteiger partial charge < -0.3 is 9.47 Å². The Kier molecular flexibility index (Phi) is 8.34. The number of rotatable bonds is 8. The molecule has 0 bridgehead atoms. The number of carbonyl (C=O) groups excluding carboxylic acids is 2. The molecule has 0 aromatic heterocycles. The Hall–Kier alpha value is -1.14. The minimum atomic E-state index is -1.38. The van der Waals surface area contributed by atoms with Crippen LogP contribution in [-0.2, 0) is 19.1 Å². The van der Waals surface area contributed by atoms with E-state index in [0.29, 0.717) is 25.6 Å². The molecule has 6 nitrogen and oxygen atoms in total. The summed E-state index contributed by atoms with van der Waals surface area (Å²) >= 11 is 0. The molecule has 0 aromatic rings. The largest absolute Gasteiger partial charge is 0.343 e. The topological polar surface area (TPSA) is 76.7 Å². The Morgan fingerprint density at radius 1 is 1.11 bits per heavy atom. The maximum absolute atomic E-state index is 11.9. The van der Waals surface area contributed by atoms with Crippen LogP contribution in [0, 0.1) is 5.92 Å². The average Bonchev–Trinajstić information content (AvgIpc) is 2.33. The molecule has 0 fully saturated rings. The molecular weight excluding hydrogens is 248 g/mol. The number of hydrogen-bond donors (Lipinski definition) is 2. The summed E-state index contributed by atoms with van der Waals surface area (Å²) in [7, 11) is 0. The quantitative estimate of drug-likeness (QED) is 0.517. The summed E-state index contributed by atoms with van der Waals surface area (Å²) in [5, 5.41) is 0. The summed E-state index contributed by atoms with van der Waals surface area (Å²) in [6.45, 7) is 9.81. The second kappa shape index (κ2) is 8.87. The minimum Gasteiger partial charge on any atom is -0.343 e. The Bertz CT molecular complexity index is 286. The van der Waals surface area contributed by atoms with Gasteiger partial charge in [0.15, 0.2) is 0 Å². The van der Waals surface area contributed by atoms with E-state index in [4.69, 9.17) is 9.47 Å². The molecule has 112 valence electrons. The third-order valence-corrected chi connectivity index (χ3v) is 2.52. The van der Waals surface area contributed by atoms with Gasteiger partial charge in [-0.05, 0) is 33.1 Å². The normalized spacial score (nSPS) is 11.5. The first-order valence-electron chi connectivity index (χ1n) is 6.72. The maximum Gasteiger partial charge on any atom is 0.298 e. The van der Waals surface area contributed by atoms with E-state index in [-0.39, 0.29) is 5.91 Å². The molecule has 0 unspecified atom stereocenters. The number of carbonyl (C=O) groups is 2. The van der Waals surface area contributed by atoms with E-state index in [1.165, 1.54) is 6.92 Å². The van der Waals surface area contributed by atoms with Gasteiger partial charge in [0.2, 0.25) is 11.7 Å². The van der Waals surface area contributed by atoms with Gasteiger partial charge >= 0.3 is 0 Å². The molecular formula is C13H26N2O4. The average molecular weight is 274 g/mol. The van der Waals surface area contributed by atoms with Crippen molar-refractivity contribution in [3.63, 3.8) is 0 Å². The van der Waals surface area contributed by atoms with Gasteiger partial charge in [0.05, 0.1) is 0 Å². The summed E-state index contributed by atoms with van der Waals surface area (Å²) in [6, 6.07) is 0. The fourth-order valence-corrected chi connectivity index (χ4v) is 1.45. The van der Waals surface area contributed by atoms with Gasteiger partial charge in [-0.2, -0.15) is 0 Å². The maximum atomic E-state index is 11.9. The lowest BCUT2D eigenvalue weighted by Crippen LogP contribution is -2.54. The zero-order valence-electron chi connectivity index (χ0n) is 12.5. The first kappa shape index (κ1) is 17.9. The number of hydrogen-bond acceptors (Lipinski definition) is 4. The van der Waals surface area contributed by atoms with E-state index in [0.717, 1.165) is 6.42 Å². The van der Waals surface area contributed by atoms with Crippen molar-refractivity contribution < 1.29 is 19.1 Å². The van der Waals surface area contributed by atoms with Crippen molar-refractivity contribution >= 4 is 11.8 Å². The number of hydrazine groups is 1. The van der Waals surface area contributed by atoms with Crippen molar-refractivity contribution in [3.8, 4) is 0 Å². The van der Waals surface area contributed by atoms with Crippen molar-refractivity contribution in [3.05, 3.63) is 0 Å². The van der Waals surface area contributed by atoms with Gasteiger partial charge in [0.1, 0.15) is 0 Å². The van der Waals surface area contributed by atoms with Crippen LogP contribution in [0.5, 0.6) is 0 Å². The first-order chi connectivity index (χ1) is 8.85. The molecule has 0 aliphatic rings. The fourth-order valence-electron chi connectivity index (χ4n) is 1.45. The third-order valence-electron chi connectivity index (χ3n) is 2.52. The Morgan fingerprint density at radius 3 is 2.05 bits per heavy atom. The van der Waals surface area contributed by atoms with Crippen LogP contribution in [0.15, 0.2) is 0 Å². The van der Waals surface area contributed by atoms with Crippen molar-refractivity contribution in [2.24, 2.45) is 5.92 Å². The molecule has 2 amide bonds. The van der Waals surface area contributed by atoms with E-state index in [2.05, 4.69) is 10.9 Å².